The Morgan fingerprint density at radius 2 is 2.28 bits per heavy atom. The highest BCUT2D eigenvalue weighted by atomic mass is 32.1. The molecule has 0 radical (unpaired) electrons. The average molecular weight is 265 g/mol. The van der Waals surface area contributed by atoms with Crippen LogP contribution in [-0.4, -0.2) is 19.1 Å². The van der Waals surface area contributed by atoms with E-state index in [2.05, 4.69) is 10.3 Å². The Bertz CT molecular complexity index is 499. The highest BCUT2D eigenvalue weighted by Crippen LogP contribution is 2.21. The summed E-state index contributed by atoms with van der Waals surface area (Å²) in [6, 6.07) is 5.32. The van der Waals surface area contributed by atoms with Crippen molar-refractivity contribution in [3.63, 3.8) is 0 Å². The van der Waals surface area contributed by atoms with Gasteiger partial charge in [0.15, 0.2) is 0 Å². The van der Waals surface area contributed by atoms with Gasteiger partial charge in [0.1, 0.15) is 5.82 Å². The summed E-state index contributed by atoms with van der Waals surface area (Å²) in [5.41, 5.74) is 4.29. The molecule has 96 valence electrons. The van der Waals surface area contributed by atoms with Gasteiger partial charge in [-0.05, 0) is 24.7 Å². The molecule has 0 aliphatic rings. The standard InChI is InChI=1S/C13H16FN3S/c1-15-6-10-3-4-13(12(14)5-10)17(2)7-11-8-18-9-16-11/h3-5,8-9,15H,6-7H2,1-2H3. The van der Waals surface area contributed by atoms with Crippen LogP contribution in [0.1, 0.15) is 11.3 Å². The van der Waals surface area contributed by atoms with Crippen molar-refractivity contribution in [2.24, 2.45) is 0 Å². The topological polar surface area (TPSA) is 28.2 Å². The van der Waals surface area contributed by atoms with Crippen LogP contribution in [-0.2, 0) is 13.1 Å². The summed E-state index contributed by atoms with van der Waals surface area (Å²) < 4.78 is 14.0. The van der Waals surface area contributed by atoms with Gasteiger partial charge in [0.2, 0.25) is 0 Å². The van der Waals surface area contributed by atoms with Gasteiger partial charge in [0, 0.05) is 19.0 Å². The first-order chi connectivity index (χ1) is 8.70. The molecule has 1 N–H and O–H groups in total. The molecule has 3 nitrogen and oxygen atoms in total. The van der Waals surface area contributed by atoms with Crippen molar-refractivity contribution >= 4 is 17.0 Å². The van der Waals surface area contributed by atoms with Crippen LogP contribution in [0.2, 0.25) is 0 Å². The van der Waals surface area contributed by atoms with Gasteiger partial charge in [-0.1, -0.05) is 6.07 Å². The molecular weight excluding hydrogens is 249 g/mol. The third-order valence-corrected chi connectivity index (χ3v) is 3.32. The fraction of sp³-hybridized carbons (Fsp3) is 0.308. The normalized spacial score (nSPS) is 10.6. The van der Waals surface area contributed by atoms with Crippen molar-refractivity contribution in [2.45, 2.75) is 13.1 Å². The Balaban J connectivity index is 2.12. The van der Waals surface area contributed by atoms with E-state index in [9.17, 15) is 4.39 Å². The van der Waals surface area contributed by atoms with Crippen LogP contribution in [0.25, 0.3) is 0 Å². The van der Waals surface area contributed by atoms with Crippen LogP contribution in [0.3, 0.4) is 0 Å². The molecule has 1 aromatic heterocycles. The van der Waals surface area contributed by atoms with Gasteiger partial charge in [-0.15, -0.1) is 11.3 Å². The second-order valence-electron chi connectivity index (χ2n) is 4.15. The summed E-state index contributed by atoms with van der Waals surface area (Å²) in [5.74, 6) is -0.194. The third-order valence-electron chi connectivity index (χ3n) is 2.69. The molecule has 5 heteroatoms. The molecule has 0 amide bonds. The number of hydrogen-bond donors (Lipinski definition) is 1. The first-order valence-corrected chi connectivity index (χ1v) is 6.66. The predicted molar refractivity (Wildman–Crippen MR) is 73.4 cm³/mol. The maximum absolute atomic E-state index is 14.0. The number of nitrogens with zero attached hydrogens (tertiary/aromatic N) is 2. The van der Waals surface area contributed by atoms with E-state index in [-0.39, 0.29) is 5.82 Å². The molecule has 0 spiro atoms. The van der Waals surface area contributed by atoms with E-state index in [1.165, 1.54) is 0 Å². The number of benzene rings is 1. The minimum absolute atomic E-state index is 0.194. The van der Waals surface area contributed by atoms with Gasteiger partial charge in [-0.2, -0.15) is 0 Å². The smallest absolute Gasteiger partial charge is 0.146 e. The van der Waals surface area contributed by atoms with Gasteiger partial charge in [0.25, 0.3) is 0 Å². The monoisotopic (exact) mass is 265 g/mol. The first-order valence-electron chi connectivity index (χ1n) is 5.72. The first kappa shape index (κ1) is 13.0. The Hall–Kier alpha value is -1.46. The lowest BCUT2D eigenvalue weighted by Gasteiger charge is -2.19. The largest absolute Gasteiger partial charge is 0.366 e. The lowest BCUT2D eigenvalue weighted by Crippen LogP contribution is -2.18. The third kappa shape index (κ3) is 3.05. The van der Waals surface area contributed by atoms with Crippen LogP contribution in [0.15, 0.2) is 29.1 Å². The summed E-state index contributed by atoms with van der Waals surface area (Å²) in [7, 11) is 3.72. The van der Waals surface area contributed by atoms with E-state index in [4.69, 9.17) is 0 Å². The Kier molecular flexibility index (Phi) is 4.28. The van der Waals surface area contributed by atoms with Gasteiger partial charge >= 0.3 is 0 Å². The van der Waals surface area contributed by atoms with Crippen LogP contribution < -0.4 is 10.2 Å². The molecule has 0 unspecified atom stereocenters. The van der Waals surface area contributed by atoms with E-state index in [1.54, 1.807) is 22.9 Å². The lowest BCUT2D eigenvalue weighted by molar-refractivity contribution is 0.618. The number of halogens is 1. The fourth-order valence-corrected chi connectivity index (χ4v) is 2.37. The van der Waals surface area contributed by atoms with Crippen molar-refractivity contribution < 1.29 is 4.39 Å². The molecule has 0 bridgehead atoms. The maximum Gasteiger partial charge on any atom is 0.146 e. The number of aromatic nitrogens is 1. The summed E-state index contributed by atoms with van der Waals surface area (Å²) in [6.07, 6.45) is 0. The maximum atomic E-state index is 14.0. The lowest BCUT2D eigenvalue weighted by atomic mass is 10.2. The SMILES string of the molecule is CNCc1ccc(N(C)Cc2cscn2)c(F)c1. The zero-order chi connectivity index (χ0) is 13.0. The zero-order valence-electron chi connectivity index (χ0n) is 10.5. The number of rotatable bonds is 5. The van der Waals surface area contributed by atoms with Gasteiger partial charge < -0.3 is 10.2 Å². The molecule has 2 aromatic rings. The second-order valence-corrected chi connectivity index (χ2v) is 4.87. The van der Waals surface area contributed by atoms with Crippen LogP contribution >= 0.6 is 11.3 Å². The van der Waals surface area contributed by atoms with E-state index in [0.29, 0.717) is 18.8 Å². The molecule has 18 heavy (non-hydrogen) atoms. The molecule has 2 rings (SSSR count). The summed E-state index contributed by atoms with van der Waals surface area (Å²) in [5, 5.41) is 4.98. The number of anilines is 1. The van der Waals surface area contributed by atoms with Gasteiger partial charge in [0.05, 0.1) is 23.4 Å². The molecule has 1 aromatic carbocycles. The highest BCUT2D eigenvalue weighted by molar-refractivity contribution is 7.07. The Labute approximate surface area is 110 Å². The van der Waals surface area contributed by atoms with Crippen molar-refractivity contribution in [3.8, 4) is 0 Å². The summed E-state index contributed by atoms with van der Waals surface area (Å²) in [4.78, 5) is 6.07. The summed E-state index contributed by atoms with van der Waals surface area (Å²) in [6.45, 7) is 1.29. The molecular formula is C13H16FN3S. The van der Waals surface area contributed by atoms with Crippen molar-refractivity contribution in [3.05, 3.63) is 46.2 Å². The average Bonchev–Trinajstić information content (AvgIpc) is 2.82. The van der Waals surface area contributed by atoms with E-state index in [0.717, 1.165) is 11.3 Å². The van der Waals surface area contributed by atoms with E-state index in [1.807, 2.05) is 36.5 Å². The van der Waals surface area contributed by atoms with Crippen molar-refractivity contribution in [2.75, 3.05) is 19.0 Å². The number of thiazole rings is 1. The molecule has 0 aliphatic heterocycles. The second kappa shape index (κ2) is 5.93. The molecule has 0 atom stereocenters. The summed E-state index contributed by atoms with van der Waals surface area (Å²) >= 11 is 1.55. The zero-order valence-corrected chi connectivity index (χ0v) is 11.3. The fourth-order valence-electron chi connectivity index (χ4n) is 1.82. The van der Waals surface area contributed by atoms with Crippen LogP contribution in [0.5, 0.6) is 0 Å². The minimum Gasteiger partial charge on any atom is -0.366 e. The van der Waals surface area contributed by atoms with Crippen molar-refractivity contribution in [1.29, 1.82) is 0 Å². The van der Waals surface area contributed by atoms with Gasteiger partial charge in [-0.25, -0.2) is 9.37 Å². The molecule has 0 aliphatic carbocycles. The molecule has 0 fully saturated rings. The van der Waals surface area contributed by atoms with E-state index >= 15 is 0 Å². The van der Waals surface area contributed by atoms with Gasteiger partial charge in [-0.3, -0.25) is 0 Å². The number of nitrogens with one attached hydrogen (secondary N) is 1. The molecule has 0 saturated carbocycles. The van der Waals surface area contributed by atoms with Crippen LogP contribution in [0, 0.1) is 5.82 Å². The van der Waals surface area contributed by atoms with Crippen molar-refractivity contribution in [1.82, 2.24) is 10.3 Å². The van der Waals surface area contributed by atoms with E-state index < -0.39 is 0 Å². The highest BCUT2D eigenvalue weighted by Gasteiger charge is 2.09. The number of hydrogen-bond acceptors (Lipinski definition) is 4. The molecule has 0 saturated heterocycles. The Morgan fingerprint density at radius 3 is 2.89 bits per heavy atom. The minimum atomic E-state index is -0.194. The van der Waals surface area contributed by atoms with Crippen LogP contribution in [0.4, 0.5) is 10.1 Å². The quantitative estimate of drug-likeness (QED) is 0.901. The predicted octanol–water partition coefficient (Wildman–Crippen LogP) is 2.64. The Morgan fingerprint density at radius 1 is 1.44 bits per heavy atom. The molecule has 1 heterocycles.